The van der Waals surface area contributed by atoms with Crippen molar-refractivity contribution < 1.29 is 0 Å². The van der Waals surface area contributed by atoms with Crippen LogP contribution in [0.5, 0.6) is 0 Å². The van der Waals surface area contributed by atoms with E-state index in [1.165, 1.54) is 4.80 Å². The van der Waals surface area contributed by atoms with Gasteiger partial charge in [0, 0.05) is 18.2 Å². The molecule has 0 spiro atoms. The molecule has 20 heavy (non-hydrogen) atoms. The average molecular weight is 263 g/mol. The predicted octanol–water partition coefficient (Wildman–Crippen LogP) is 2.51. The van der Waals surface area contributed by atoms with Gasteiger partial charge in [-0.25, -0.2) is 0 Å². The Morgan fingerprint density at radius 2 is 1.15 bits per heavy atom. The summed E-state index contributed by atoms with van der Waals surface area (Å²) in [6, 6.07) is 18.9. The highest BCUT2D eigenvalue weighted by atomic mass is 16.1. The van der Waals surface area contributed by atoms with Gasteiger partial charge in [-0.15, -0.1) is 0 Å². The first-order valence-corrected chi connectivity index (χ1v) is 6.32. The van der Waals surface area contributed by atoms with Gasteiger partial charge in [0.2, 0.25) is 5.43 Å². The van der Waals surface area contributed by atoms with Gasteiger partial charge in [0.05, 0.1) is 0 Å². The number of hydrogen-bond donors (Lipinski definition) is 0. The molecular weight excluding hydrogens is 250 g/mol. The fourth-order valence-corrected chi connectivity index (χ4v) is 2.08. The van der Waals surface area contributed by atoms with E-state index >= 15 is 0 Å². The highest BCUT2D eigenvalue weighted by molar-refractivity contribution is 5.66. The lowest BCUT2D eigenvalue weighted by Crippen LogP contribution is -2.19. The molecule has 4 nitrogen and oxygen atoms in total. The smallest absolute Gasteiger partial charge is 0.234 e. The molecule has 0 radical (unpaired) electrons. The van der Waals surface area contributed by atoms with E-state index in [1.54, 1.807) is 7.05 Å². The number of aromatic nitrogens is 3. The lowest BCUT2D eigenvalue weighted by atomic mass is 10.1. The molecule has 1 heterocycles. The normalized spacial score (nSPS) is 10.4. The monoisotopic (exact) mass is 263 g/mol. The molecule has 0 aliphatic heterocycles. The molecule has 0 fully saturated rings. The molecule has 2 aromatic carbocycles. The molecule has 3 aromatic rings. The molecule has 0 N–H and O–H groups in total. The SMILES string of the molecule is Cn1nc(-c2ccccc2)c(=O)c(-c2ccccc2)n1. The van der Waals surface area contributed by atoms with Crippen LogP contribution >= 0.6 is 0 Å². The third-order valence-electron chi connectivity index (χ3n) is 3.01. The van der Waals surface area contributed by atoms with E-state index in [-0.39, 0.29) is 5.43 Å². The number of nitrogens with zero attached hydrogens (tertiary/aromatic N) is 3. The fraction of sp³-hybridized carbons (Fsp3) is 0.0625. The van der Waals surface area contributed by atoms with Crippen molar-refractivity contribution in [2.24, 2.45) is 7.05 Å². The molecular formula is C16H13N3O. The van der Waals surface area contributed by atoms with E-state index < -0.39 is 0 Å². The lowest BCUT2D eigenvalue weighted by Gasteiger charge is -2.06. The van der Waals surface area contributed by atoms with Gasteiger partial charge in [-0.1, -0.05) is 60.7 Å². The molecule has 0 aliphatic rings. The predicted molar refractivity (Wildman–Crippen MR) is 78.1 cm³/mol. The Morgan fingerprint density at radius 3 is 1.55 bits per heavy atom. The minimum Gasteiger partial charge on any atom is -0.285 e. The van der Waals surface area contributed by atoms with Crippen LogP contribution in [0.15, 0.2) is 65.5 Å². The Kier molecular flexibility index (Phi) is 3.13. The fourth-order valence-electron chi connectivity index (χ4n) is 2.08. The molecule has 98 valence electrons. The van der Waals surface area contributed by atoms with E-state index in [9.17, 15) is 4.79 Å². The van der Waals surface area contributed by atoms with Gasteiger partial charge in [0.25, 0.3) is 0 Å². The quantitative estimate of drug-likeness (QED) is 0.713. The largest absolute Gasteiger partial charge is 0.285 e. The van der Waals surface area contributed by atoms with Gasteiger partial charge in [-0.05, 0) is 0 Å². The van der Waals surface area contributed by atoms with Crippen LogP contribution in [0.3, 0.4) is 0 Å². The van der Waals surface area contributed by atoms with Crippen molar-refractivity contribution in [3.8, 4) is 22.5 Å². The second-order valence-electron chi connectivity index (χ2n) is 4.45. The van der Waals surface area contributed by atoms with Crippen LogP contribution in [0.2, 0.25) is 0 Å². The minimum absolute atomic E-state index is 0.152. The molecule has 0 amide bonds. The van der Waals surface area contributed by atoms with Gasteiger partial charge in [-0.3, -0.25) is 4.79 Å². The summed E-state index contributed by atoms with van der Waals surface area (Å²) in [5, 5.41) is 8.44. The van der Waals surface area contributed by atoms with E-state index in [1.807, 2.05) is 60.7 Å². The summed E-state index contributed by atoms with van der Waals surface area (Å²) in [5.74, 6) is 0. The Hall–Kier alpha value is -2.75. The highest BCUT2D eigenvalue weighted by Crippen LogP contribution is 2.16. The van der Waals surface area contributed by atoms with E-state index in [4.69, 9.17) is 0 Å². The van der Waals surface area contributed by atoms with Crippen molar-refractivity contribution in [2.75, 3.05) is 0 Å². The summed E-state index contributed by atoms with van der Waals surface area (Å²) in [5.41, 5.74) is 2.28. The van der Waals surface area contributed by atoms with Crippen molar-refractivity contribution in [3.63, 3.8) is 0 Å². The van der Waals surface area contributed by atoms with Crippen LogP contribution in [-0.4, -0.2) is 15.0 Å². The van der Waals surface area contributed by atoms with Gasteiger partial charge >= 0.3 is 0 Å². The maximum atomic E-state index is 12.6. The molecule has 1 aromatic heterocycles. The Labute approximate surface area is 116 Å². The van der Waals surface area contributed by atoms with Crippen molar-refractivity contribution in [3.05, 3.63) is 70.9 Å². The van der Waals surface area contributed by atoms with E-state index in [0.717, 1.165) is 11.1 Å². The highest BCUT2D eigenvalue weighted by Gasteiger charge is 2.13. The third-order valence-corrected chi connectivity index (χ3v) is 3.01. The molecule has 0 atom stereocenters. The number of rotatable bonds is 2. The maximum absolute atomic E-state index is 12.6. The summed E-state index contributed by atoms with van der Waals surface area (Å²) in [4.78, 5) is 14.0. The molecule has 0 saturated heterocycles. The molecule has 0 aliphatic carbocycles. The second kappa shape index (κ2) is 5.09. The summed E-state index contributed by atoms with van der Waals surface area (Å²) < 4.78 is 0. The van der Waals surface area contributed by atoms with Crippen molar-refractivity contribution in [1.29, 1.82) is 0 Å². The zero-order valence-corrected chi connectivity index (χ0v) is 11.0. The van der Waals surface area contributed by atoms with E-state index in [0.29, 0.717) is 11.4 Å². The van der Waals surface area contributed by atoms with Crippen LogP contribution in [-0.2, 0) is 7.05 Å². The van der Waals surface area contributed by atoms with E-state index in [2.05, 4.69) is 10.2 Å². The first-order valence-electron chi connectivity index (χ1n) is 6.32. The van der Waals surface area contributed by atoms with Gasteiger partial charge in [0.15, 0.2) is 0 Å². The maximum Gasteiger partial charge on any atom is 0.234 e. The Morgan fingerprint density at radius 1 is 0.750 bits per heavy atom. The third kappa shape index (κ3) is 2.23. The standard InChI is InChI=1S/C16H13N3O/c1-19-17-14(12-8-4-2-5-9-12)16(20)15(18-19)13-10-6-3-7-11-13/h2-11H,1H3. The second-order valence-corrected chi connectivity index (χ2v) is 4.45. The number of benzene rings is 2. The molecule has 0 saturated carbocycles. The average Bonchev–Trinajstić information content (AvgIpc) is 2.51. The van der Waals surface area contributed by atoms with Crippen LogP contribution in [0.25, 0.3) is 22.5 Å². The van der Waals surface area contributed by atoms with Gasteiger partial charge < -0.3 is 0 Å². The molecule has 0 bridgehead atoms. The first kappa shape index (κ1) is 12.3. The summed E-state index contributed by atoms with van der Waals surface area (Å²) in [6.07, 6.45) is 0. The molecule has 3 rings (SSSR count). The van der Waals surface area contributed by atoms with Crippen LogP contribution in [0.1, 0.15) is 0 Å². The van der Waals surface area contributed by atoms with Crippen LogP contribution in [0, 0.1) is 0 Å². The lowest BCUT2D eigenvalue weighted by molar-refractivity contribution is 0.619. The van der Waals surface area contributed by atoms with Crippen molar-refractivity contribution in [1.82, 2.24) is 15.0 Å². The first-order chi connectivity index (χ1) is 9.75. The Balaban J connectivity index is 2.25. The van der Waals surface area contributed by atoms with Crippen molar-refractivity contribution >= 4 is 0 Å². The zero-order valence-electron chi connectivity index (χ0n) is 11.0. The number of aryl methyl sites for hydroxylation is 1. The molecule has 4 heteroatoms. The summed E-state index contributed by atoms with van der Waals surface area (Å²) in [6.45, 7) is 0. The Bertz CT molecular complexity index is 716. The summed E-state index contributed by atoms with van der Waals surface area (Å²) >= 11 is 0. The van der Waals surface area contributed by atoms with Crippen LogP contribution < -0.4 is 5.43 Å². The van der Waals surface area contributed by atoms with Gasteiger partial charge in [-0.2, -0.15) is 15.0 Å². The van der Waals surface area contributed by atoms with Crippen molar-refractivity contribution in [2.45, 2.75) is 0 Å². The van der Waals surface area contributed by atoms with Crippen LogP contribution in [0.4, 0.5) is 0 Å². The van der Waals surface area contributed by atoms with Gasteiger partial charge in [0.1, 0.15) is 11.4 Å². The molecule has 0 unspecified atom stereocenters. The number of hydrogen-bond acceptors (Lipinski definition) is 3. The summed E-state index contributed by atoms with van der Waals surface area (Å²) in [7, 11) is 1.72. The topological polar surface area (TPSA) is 47.8 Å². The zero-order chi connectivity index (χ0) is 13.9. The minimum atomic E-state index is -0.152.